The molecule has 1 fully saturated rings. The van der Waals surface area contributed by atoms with E-state index >= 15 is 0 Å². The molecule has 1 aliphatic heterocycles. The Morgan fingerprint density at radius 1 is 1.17 bits per heavy atom. The zero-order valence-electron chi connectivity index (χ0n) is 19.5. The highest BCUT2D eigenvalue weighted by Crippen LogP contribution is 2.34. The summed E-state index contributed by atoms with van der Waals surface area (Å²) < 4.78 is 48.5. The number of hydrogen-bond acceptors (Lipinski definition) is 7. The van der Waals surface area contributed by atoms with Crippen molar-refractivity contribution >= 4 is 54.4 Å². The smallest absolute Gasteiger partial charge is 0.244 e. The van der Waals surface area contributed by atoms with Crippen LogP contribution in [0.15, 0.2) is 75.1 Å². The van der Waals surface area contributed by atoms with Gasteiger partial charge in [-0.2, -0.15) is 4.31 Å². The van der Waals surface area contributed by atoms with Gasteiger partial charge in [-0.05, 0) is 55.5 Å². The number of hydrogen-bond donors (Lipinski definition) is 0. The Morgan fingerprint density at radius 3 is 2.64 bits per heavy atom. The van der Waals surface area contributed by atoms with Gasteiger partial charge in [0.25, 0.3) is 0 Å². The first kappa shape index (κ1) is 24.9. The second-order valence-corrected chi connectivity index (χ2v) is 12.2. The molecule has 11 heteroatoms. The summed E-state index contributed by atoms with van der Waals surface area (Å²) in [5.41, 5.74) is 0.225. The van der Waals surface area contributed by atoms with E-state index in [9.17, 15) is 17.6 Å². The third-order valence-corrected chi connectivity index (χ3v) is 10.2. The van der Waals surface area contributed by atoms with E-state index in [1.54, 1.807) is 42.5 Å². The number of thioether (sulfide) groups is 1. The standard InChI is InChI=1S/C25H24FN3O4S3/c1-34-20-8-2-3-10-22(20)36(31,32)28-13-11-17(12-14-28)24(30)29(16-18-6-5-15-33-18)25-27-23-19(26)7-4-9-21(23)35-25/h2-10,15,17H,11-14,16H2,1H3. The average Bonchev–Trinajstić information content (AvgIpc) is 3.57. The monoisotopic (exact) mass is 545 g/mol. The Hall–Kier alpha value is -2.73. The van der Waals surface area contributed by atoms with E-state index in [1.807, 2.05) is 12.3 Å². The third-order valence-electron chi connectivity index (χ3n) is 6.24. The first-order valence-corrected chi connectivity index (χ1v) is 14.9. The summed E-state index contributed by atoms with van der Waals surface area (Å²) in [6.45, 7) is 0.641. The van der Waals surface area contributed by atoms with Crippen molar-refractivity contribution in [3.05, 3.63) is 72.4 Å². The second-order valence-electron chi connectivity index (χ2n) is 8.42. The Balaban J connectivity index is 1.37. The van der Waals surface area contributed by atoms with Crippen LogP contribution in [0.1, 0.15) is 18.6 Å². The van der Waals surface area contributed by atoms with Crippen LogP contribution in [0.25, 0.3) is 10.2 Å². The van der Waals surface area contributed by atoms with Gasteiger partial charge in [0.15, 0.2) is 5.13 Å². The number of thiazole rings is 1. The number of anilines is 1. The molecule has 0 bridgehead atoms. The molecule has 1 aliphatic rings. The summed E-state index contributed by atoms with van der Waals surface area (Å²) in [4.78, 5) is 20.6. The number of furan rings is 1. The van der Waals surface area contributed by atoms with Gasteiger partial charge in [-0.15, -0.1) is 11.8 Å². The van der Waals surface area contributed by atoms with E-state index in [4.69, 9.17) is 4.42 Å². The maximum atomic E-state index is 14.3. The normalized spacial score (nSPS) is 15.4. The fourth-order valence-corrected chi connectivity index (χ4v) is 7.93. The van der Waals surface area contributed by atoms with Gasteiger partial charge in [-0.25, -0.2) is 17.8 Å². The summed E-state index contributed by atoms with van der Waals surface area (Å²) in [6.07, 6.45) is 4.15. The number of aromatic nitrogens is 1. The molecule has 2 aromatic carbocycles. The van der Waals surface area contributed by atoms with Gasteiger partial charge in [-0.1, -0.05) is 29.5 Å². The van der Waals surface area contributed by atoms with Crippen molar-refractivity contribution < 1.29 is 22.0 Å². The van der Waals surface area contributed by atoms with Gasteiger partial charge in [0.05, 0.1) is 22.4 Å². The number of fused-ring (bicyclic) bond motifs is 1. The summed E-state index contributed by atoms with van der Waals surface area (Å²) in [7, 11) is -3.67. The summed E-state index contributed by atoms with van der Waals surface area (Å²) in [5.74, 6) is -0.423. The van der Waals surface area contributed by atoms with Crippen LogP contribution in [-0.2, 0) is 21.4 Å². The lowest BCUT2D eigenvalue weighted by atomic mass is 9.96. The van der Waals surface area contributed by atoms with Crippen molar-refractivity contribution in [2.45, 2.75) is 29.2 Å². The Bertz CT molecular complexity index is 1480. The maximum Gasteiger partial charge on any atom is 0.244 e. The molecular weight excluding hydrogens is 521 g/mol. The van der Waals surface area contributed by atoms with E-state index in [0.29, 0.717) is 38.2 Å². The average molecular weight is 546 g/mol. The van der Waals surface area contributed by atoms with Crippen molar-refractivity contribution in [3.8, 4) is 0 Å². The highest BCUT2D eigenvalue weighted by molar-refractivity contribution is 7.99. The van der Waals surface area contributed by atoms with E-state index in [0.717, 1.165) is 0 Å². The van der Waals surface area contributed by atoms with E-state index in [1.165, 1.54) is 44.6 Å². The van der Waals surface area contributed by atoms with Crippen LogP contribution >= 0.6 is 23.1 Å². The molecule has 0 atom stereocenters. The molecule has 3 heterocycles. The number of rotatable bonds is 7. The highest BCUT2D eigenvalue weighted by Gasteiger charge is 2.36. The lowest BCUT2D eigenvalue weighted by Gasteiger charge is -2.33. The number of amides is 1. The van der Waals surface area contributed by atoms with E-state index in [-0.39, 0.29) is 37.0 Å². The van der Waals surface area contributed by atoms with Gasteiger partial charge in [-0.3, -0.25) is 9.69 Å². The molecule has 0 radical (unpaired) electrons. The van der Waals surface area contributed by atoms with Crippen LogP contribution in [0, 0.1) is 11.7 Å². The molecule has 7 nitrogen and oxygen atoms in total. The fourth-order valence-electron chi connectivity index (χ4n) is 4.35. The molecule has 0 spiro atoms. The second kappa shape index (κ2) is 10.3. The first-order valence-electron chi connectivity index (χ1n) is 11.4. The van der Waals surface area contributed by atoms with E-state index in [2.05, 4.69) is 4.98 Å². The van der Waals surface area contributed by atoms with Crippen LogP contribution in [0.5, 0.6) is 0 Å². The molecule has 0 N–H and O–H groups in total. The zero-order chi connectivity index (χ0) is 25.3. The summed E-state index contributed by atoms with van der Waals surface area (Å²) >= 11 is 2.63. The Labute approximate surface area is 217 Å². The SMILES string of the molecule is CSc1ccccc1S(=O)(=O)N1CCC(C(=O)N(Cc2ccco2)c2nc3c(F)cccc3s2)CC1. The molecule has 4 aromatic rings. The molecular formula is C25H24FN3O4S3. The Kier molecular flexibility index (Phi) is 7.16. The van der Waals surface area contributed by atoms with Crippen molar-refractivity contribution in [1.29, 1.82) is 0 Å². The fraction of sp³-hybridized carbons (Fsp3) is 0.280. The van der Waals surface area contributed by atoms with Gasteiger partial charge < -0.3 is 4.42 Å². The van der Waals surface area contributed by atoms with Crippen LogP contribution < -0.4 is 4.90 Å². The lowest BCUT2D eigenvalue weighted by Crippen LogP contribution is -2.44. The zero-order valence-corrected chi connectivity index (χ0v) is 21.9. The van der Waals surface area contributed by atoms with Gasteiger partial charge in [0, 0.05) is 23.9 Å². The van der Waals surface area contributed by atoms with Crippen LogP contribution in [0.2, 0.25) is 0 Å². The number of nitrogens with zero attached hydrogens (tertiary/aromatic N) is 3. The van der Waals surface area contributed by atoms with Crippen molar-refractivity contribution in [2.24, 2.45) is 5.92 Å². The van der Waals surface area contributed by atoms with Crippen molar-refractivity contribution in [3.63, 3.8) is 0 Å². The predicted molar refractivity (Wildman–Crippen MR) is 139 cm³/mol. The number of carbonyl (C=O) groups is 1. The number of sulfonamides is 1. The van der Waals surface area contributed by atoms with Gasteiger partial charge >= 0.3 is 0 Å². The number of para-hydroxylation sites is 1. The number of benzene rings is 2. The largest absolute Gasteiger partial charge is 0.467 e. The first-order chi connectivity index (χ1) is 17.4. The molecule has 2 aromatic heterocycles. The molecule has 0 aliphatic carbocycles. The number of piperidine rings is 1. The minimum absolute atomic E-state index is 0.160. The molecule has 0 saturated carbocycles. The molecule has 5 rings (SSSR count). The van der Waals surface area contributed by atoms with Gasteiger partial charge in [0.1, 0.15) is 17.1 Å². The van der Waals surface area contributed by atoms with Crippen LogP contribution in [0.3, 0.4) is 0 Å². The molecule has 1 saturated heterocycles. The third kappa shape index (κ3) is 4.80. The van der Waals surface area contributed by atoms with Crippen LogP contribution in [0.4, 0.5) is 9.52 Å². The maximum absolute atomic E-state index is 14.3. The topological polar surface area (TPSA) is 83.7 Å². The van der Waals surface area contributed by atoms with Crippen molar-refractivity contribution in [2.75, 3.05) is 24.2 Å². The quantitative estimate of drug-likeness (QED) is 0.290. The minimum atomic E-state index is -3.67. The van der Waals surface area contributed by atoms with Crippen molar-refractivity contribution in [1.82, 2.24) is 9.29 Å². The molecule has 188 valence electrons. The van der Waals surface area contributed by atoms with E-state index < -0.39 is 15.8 Å². The molecule has 1 amide bonds. The lowest BCUT2D eigenvalue weighted by molar-refractivity contribution is -0.123. The predicted octanol–water partition coefficient (Wildman–Crippen LogP) is 5.38. The molecule has 36 heavy (non-hydrogen) atoms. The summed E-state index contributed by atoms with van der Waals surface area (Å²) in [6, 6.07) is 15.2. The Morgan fingerprint density at radius 2 is 1.94 bits per heavy atom. The van der Waals surface area contributed by atoms with Gasteiger partial charge in [0.2, 0.25) is 15.9 Å². The molecule has 0 unspecified atom stereocenters. The highest BCUT2D eigenvalue weighted by atomic mass is 32.2. The number of carbonyl (C=O) groups excluding carboxylic acids is 1. The van der Waals surface area contributed by atoms with Crippen LogP contribution in [-0.4, -0.2) is 43.0 Å². The number of halogens is 1. The summed E-state index contributed by atoms with van der Waals surface area (Å²) in [5, 5.41) is 0.389. The minimum Gasteiger partial charge on any atom is -0.467 e.